The van der Waals surface area contributed by atoms with E-state index in [1.807, 2.05) is 13.0 Å². The average molecular weight is 283 g/mol. The number of halogens is 1. The van der Waals surface area contributed by atoms with Crippen molar-refractivity contribution < 1.29 is 14.3 Å². The SMILES string of the molecule is Cc1ccc(C#CCO)c(C(=O)Nc2ccc(F)cc2)c1. The second-order valence-electron chi connectivity index (χ2n) is 4.47. The van der Waals surface area contributed by atoms with E-state index in [1.54, 1.807) is 12.1 Å². The predicted molar refractivity (Wildman–Crippen MR) is 79.5 cm³/mol. The van der Waals surface area contributed by atoms with E-state index in [2.05, 4.69) is 17.2 Å². The fourth-order valence-corrected chi connectivity index (χ4v) is 1.82. The monoisotopic (exact) mass is 283 g/mol. The minimum Gasteiger partial charge on any atom is -0.384 e. The summed E-state index contributed by atoms with van der Waals surface area (Å²) in [4.78, 5) is 12.3. The number of carbonyl (C=O) groups is 1. The van der Waals surface area contributed by atoms with Gasteiger partial charge in [0.15, 0.2) is 0 Å². The number of aryl methyl sites for hydroxylation is 1. The maximum atomic E-state index is 12.8. The summed E-state index contributed by atoms with van der Waals surface area (Å²) in [6, 6.07) is 10.8. The van der Waals surface area contributed by atoms with E-state index in [9.17, 15) is 9.18 Å². The first-order chi connectivity index (χ1) is 10.1. The number of amides is 1. The lowest BCUT2D eigenvalue weighted by molar-refractivity contribution is 0.102. The normalized spacial score (nSPS) is 9.67. The summed E-state index contributed by atoms with van der Waals surface area (Å²) in [5.74, 6) is 4.58. The van der Waals surface area contributed by atoms with E-state index in [0.29, 0.717) is 16.8 Å². The Morgan fingerprint density at radius 3 is 2.62 bits per heavy atom. The molecule has 0 aliphatic heterocycles. The molecule has 1 amide bonds. The first kappa shape index (κ1) is 14.8. The third-order valence-corrected chi connectivity index (χ3v) is 2.82. The van der Waals surface area contributed by atoms with Gasteiger partial charge >= 0.3 is 0 Å². The number of hydrogen-bond acceptors (Lipinski definition) is 2. The van der Waals surface area contributed by atoms with Crippen LogP contribution >= 0.6 is 0 Å². The molecule has 0 saturated carbocycles. The molecular formula is C17H14FNO2. The lowest BCUT2D eigenvalue weighted by atomic mass is 10.0. The van der Waals surface area contributed by atoms with Crippen molar-refractivity contribution in [2.24, 2.45) is 0 Å². The minimum atomic E-state index is -0.363. The van der Waals surface area contributed by atoms with E-state index in [-0.39, 0.29) is 18.3 Å². The molecule has 0 aliphatic carbocycles. The van der Waals surface area contributed by atoms with Crippen LogP contribution in [0.2, 0.25) is 0 Å². The quantitative estimate of drug-likeness (QED) is 0.833. The first-order valence-electron chi connectivity index (χ1n) is 6.37. The zero-order valence-electron chi connectivity index (χ0n) is 11.5. The molecule has 0 spiro atoms. The molecule has 21 heavy (non-hydrogen) atoms. The Balaban J connectivity index is 2.29. The largest absolute Gasteiger partial charge is 0.384 e. The highest BCUT2D eigenvalue weighted by Gasteiger charge is 2.11. The van der Waals surface area contributed by atoms with Crippen LogP contribution in [0.5, 0.6) is 0 Å². The van der Waals surface area contributed by atoms with Gasteiger partial charge in [0.25, 0.3) is 5.91 Å². The molecule has 0 radical (unpaired) electrons. The molecule has 3 nitrogen and oxygen atoms in total. The number of nitrogens with one attached hydrogen (secondary N) is 1. The van der Waals surface area contributed by atoms with Crippen molar-refractivity contribution in [1.29, 1.82) is 0 Å². The number of hydrogen-bond donors (Lipinski definition) is 2. The number of aliphatic hydroxyl groups excluding tert-OH is 1. The van der Waals surface area contributed by atoms with Crippen LogP contribution in [-0.4, -0.2) is 17.6 Å². The standard InChI is InChI=1S/C17H14FNO2/c1-12-4-5-13(3-2-10-20)16(11-12)17(21)19-15-8-6-14(18)7-9-15/h4-9,11,20H,10H2,1H3,(H,19,21). The van der Waals surface area contributed by atoms with Gasteiger partial charge in [-0.3, -0.25) is 4.79 Å². The van der Waals surface area contributed by atoms with E-state index >= 15 is 0 Å². The van der Waals surface area contributed by atoms with Gasteiger partial charge in [-0.25, -0.2) is 4.39 Å². The molecule has 2 aromatic rings. The fourth-order valence-electron chi connectivity index (χ4n) is 1.82. The highest BCUT2D eigenvalue weighted by atomic mass is 19.1. The molecular weight excluding hydrogens is 269 g/mol. The zero-order valence-corrected chi connectivity index (χ0v) is 11.5. The van der Waals surface area contributed by atoms with E-state index in [4.69, 9.17) is 5.11 Å². The Morgan fingerprint density at radius 2 is 1.95 bits per heavy atom. The average Bonchev–Trinajstić information content (AvgIpc) is 2.48. The van der Waals surface area contributed by atoms with Crippen LogP contribution in [-0.2, 0) is 0 Å². The molecule has 2 rings (SSSR count). The van der Waals surface area contributed by atoms with Gasteiger partial charge in [-0.2, -0.15) is 0 Å². The highest BCUT2D eigenvalue weighted by Crippen LogP contribution is 2.15. The summed E-state index contributed by atoms with van der Waals surface area (Å²) in [5, 5.41) is 11.5. The molecule has 0 atom stereocenters. The third kappa shape index (κ3) is 3.91. The molecule has 2 N–H and O–H groups in total. The summed E-state index contributed by atoms with van der Waals surface area (Å²) < 4.78 is 12.8. The molecule has 2 aromatic carbocycles. The second kappa shape index (κ2) is 6.69. The summed E-state index contributed by atoms with van der Waals surface area (Å²) in [5.41, 5.74) is 2.38. The van der Waals surface area contributed by atoms with Crippen LogP contribution in [0, 0.1) is 24.6 Å². The Labute approximate surface area is 122 Å². The van der Waals surface area contributed by atoms with Crippen LogP contribution in [0.3, 0.4) is 0 Å². The fraction of sp³-hybridized carbons (Fsp3) is 0.118. The van der Waals surface area contributed by atoms with Crippen LogP contribution < -0.4 is 5.32 Å². The van der Waals surface area contributed by atoms with Crippen LogP contribution in [0.25, 0.3) is 0 Å². The van der Waals surface area contributed by atoms with Gasteiger partial charge in [0.05, 0.1) is 5.56 Å². The highest BCUT2D eigenvalue weighted by molar-refractivity contribution is 6.06. The van der Waals surface area contributed by atoms with Crippen molar-refractivity contribution >= 4 is 11.6 Å². The van der Waals surface area contributed by atoms with Crippen LogP contribution in [0.4, 0.5) is 10.1 Å². The van der Waals surface area contributed by atoms with Crippen LogP contribution in [0.1, 0.15) is 21.5 Å². The second-order valence-corrected chi connectivity index (χ2v) is 4.47. The maximum Gasteiger partial charge on any atom is 0.256 e. The van der Waals surface area contributed by atoms with Gasteiger partial charge in [-0.15, -0.1) is 0 Å². The molecule has 0 aliphatic rings. The van der Waals surface area contributed by atoms with Gasteiger partial charge in [-0.05, 0) is 43.3 Å². The van der Waals surface area contributed by atoms with Gasteiger partial charge in [0.1, 0.15) is 12.4 Å². The number of anilines is 1. The topological polar surface area (TPSA) is 49.3 Å². The van der Waals surface area contributed by atoms with Crippen molar-refractivity contribution in [2.45, 2.75) is 6.92 Å². The molecule has 4 heteroatoms. The van der Waals surface area contributed by atoms with Crippen molar-refractivity contribution in [3.8, 4) is 11.8 Å². The Hall–Kier alpha value is -2.64. The summed E-state index contributed by atoms with van der Waals surface area (Å²) in [6.45, 7) is 1.60. The summed E-state index contributed by atoms with van der Waals surface area (Å²) in [6.07, 6.45) is 0. The lowest BCUT2D eigenvalue weighted by Crippen LogP contribution is -2.13. The number of rotatable bonds is 2. The molecule has 0 bridgehead atoms. The Morgan fingerprint density at radius 1 is 1.24 bits per heavy atom. The smallest absolute Gasteiger partial charge is 0.256 e. The predicted octanol–water partition coefficient (Wildman–Crippen LogP) is 2.73. The van der Waals surface area contributed by atoms with Crippen molar-refractivity contribution in [3.63, 3.8) is 0 Å². The number of carbonyl (C=O) groups excluding carboxylic acids is 1. The van der Waals surface area contributed by atoms with Gasteiger partial charge in [0.2, 0.25) is 0 Å². The van der Waals surface area contributed by atoms with Crippen LogP contribution in [0.15, 0.2) is 42.5 Å². The molecule has 0 saturated heterocycles. The minimum absolute atomic E-state index is 0.271. The van der Waals surface area contributed by atoms with Crippen molar-refractivity contribution in [2.75, 3.05) is 11.9 Å². The Kier molecular flexibility index (Phi) is 4.70. The number of benzene rings is 2. The van der Waals surface area contributed by atoms with Crippen molar-refractivity contribution in [3.05, 3.63) is 65.0 Å². The van der Waals surface area contributed by atoms with Gasteiger partial charge in [0, 0.05) is 11.3 Å². The van der Waals surface area contributed by atoms with E-state index in [0.717, 1.165) is 5.56 Å². The lowest BCUT2D eigenvalue weighted by Gasteiger charge is -2.08. The molecule has 0 heterocycles. The zero-order chi connectivity index (χ0) is 15.2. The third-order valence-electron chi connectivity index (χ3n) is 2.82. The van der Waals surface area contributed by atoms with E-state index < -0.39 is 0 Å². The summed E-state index contributed by atoms with van der Waals surface area (Å²) in [7, 11) is 0. The van der Waals surface area contributed by atoms with Crippen molar-refractivity contribution in [1.82, 2.24) is 0 Å². The van der Waals surface area contributed by atoms with E-state index in [1.165, 1.54) is 24.3 Å². The molecule has 0 aromatic heterocycles. The maximum absolute atomic E-state index is 12.8. The first-order valence-corrected chi connectivity index (χ1v) is 6.37. The number of aliphatic hydroxyl groups is 1. The Bertz CT molecular complexity index is 712. The molecule has 106 valence electrons. The molecule has 0 fully saturated rings. The molecule has 0 unspecified atom stereocenters. The van der Waals surface area contributed by atoms with Gasteiger partial charge in [-0.1, -0.05) is 23.5 Å². The van der Waals surface area contributed by atoms with Gasteiger partial charge < -0.3 is 10.4 Å². The summed E-state index contributed by atoms with van der Waals surface area (Å²) >= 11 is 0.